The summed E-state index contributed by atoms with van der Waals surface area (Å²) in [4.78, 5) is 11.6. The van der Waals surface area contributed by atoms with Gasteiger partial charge in [0.25, 0.3) is 0 Å². The highest BCUT2D eigenvalue weighted by molar-refractivity contribution is 5.77. The van der Waals surface area contributed by atoms with Crippen LogP contribution in [0.2, 0.25) is 0 Å². The summed E-state index contributed by atoms with van der Waals surface area (Å²) in [5.74, 6) is 0.685. The molecule has 0 bridgehead atoms. The van der Waals surface area contributed by atoms with Gasteiger partial charge in [-0.25, -0.2) is 0 Å². The first kappa shape index (κ1) is 12.3. The third-order valence-corrected chi connectivity index (χ3v) is 4.24. The van der Waals surface area contributed by atoms with Crippen molar-refractivity contribution in [1.82, 2.24) is 5.32 Å². The molecule has 0 aromatic heterocycles. The molecule has 3 rings (SSSR count). The van der Waals surface area contributed by atoms with E-state index in [1.54, 1.807) is 7.05 Å². The van der Waals surface area contributed by atoms with E-state index in [4.69, 9.17) is 9.47 Å². The number of carbonyl (C=O) groups is 1. The van der Waals surface area contributed by atoms with E-state index in [1.165, 1.54) is 0 Å². The third-order valence-electron chi connectivity index (χ3n) is 4.24. The van der Waals surface area contributed by atoms with Crippen molar-refractivity contribution in [3.63, 3.8) is 0 Å². The smallest absolute Gasteiger partial charge is 0.311 e. The van der Waals surface area contributed by atoms with Gasteiger partial charge in [-0.3, -0.25) is 4.79 Å². The van der Waals surface area contributed by atoms with E-state index in [-0.39, 0.29) is 12.8 Å². The average molecular weight is 263 g/mol. The Hall–Kier alpha value is -1.75. The maximum atomic E-state index is 11.6. The van der Waals surface area contributed by atoms with Crippen LogP contribution in [0.15, 0.2) is 18.2 Å². The second kappa shape index (κ2) is 4.42. The van der Waals surface area contributed by atoms with E-state index in [9.17, 15) is 9.90 Å². The molecular formula is C14H17NO4. The van der Waals surface area contributed by atoms with Crippen LogP contribution in [0, 0.1) is 5.41 Å². The maximum absolute atomic E-state index is 11.6. The number of hydrogen-bond acceptors (Lipinski definition) is 4. The molecule has 102 valence electrons. The van der Waals surface area contributed by atoms with Crippen LogP contribution in [0.4, 0.5) is 0 Å². The van der Waals surface area contributed by atoms with Crippen LogP contribution in [0.1, 0.15) is 30.9 Å². The predicted octanol–water partition coefficient (Wildman–Crippen LogP) is 1.93. The second-order valence-corrected chi connectivity index (χ2v) is 5.15. The Kier molecular flexibility index (Phi) is 2.86. The van der Waals surface area contributed by atoms with E-state index in [0.29, 0.717) is 18.6 Å². The number of aliphatic carboxylic acids is 1. The Bertz CT molecular complexity index is 510. The molecule has 5 heteroatoms. The van der Waals surface area contributed by atoms with Crippen molar-refractivity contribution in [2.45, 2.75) is 25.3 Å². The van der Waals surface area contributed by atoms with Gasteiger partial charge in [0.1, 0.15) is 0 Å². The van der Waals surface area contributed by atoms with E-state index >= 15 is 0 Å². The van der Waals surface area contributed by atoms with Gasteiger partial charge >= 0.3 is 5.97 Å². The average Bonchev–Trinajstić information content (AvgIpc) is 2.79. The van der Waals surface area contributed by atoms with Crippen molar-refractivity contribution >= 4 is 5.97 Å². The fraction of sp³-hybridized carbons (Fsp3) is 0.500. The number of hydrogen-bond donors (Lipinski definition) is 2. The lowest BCUT2D eigenvalue weighted by molar-refractivity contribution is -0.157. The Morgan fingerprint density at radius 3 is 2.68 bits per heavy atom. The van der Waals surface area contributed by atoms with Crippen molar-refractivity contribution in [2.24, 2.45) is 5.41 Å². The van der Waals surface area contributed by atoms with Gasteiger partial charge in [-0.2, -0.15) is 0 Å². The van der Waals surface area contributed by atoms with Crippen LogP contribution in [-0.2, 0) is 4.79 Å². The van der Waals surface area contributed by atoms with Gasteiger partial charge in [0, 0.05) is 6.04 Å². The van der Waals surface area contributed by atoms with Crippen LogP contribution in [-0.4, -0.2) is 24.9 Å². The van der Waals surface area contributed by atoms with Crippen molar-refractivity contribution in [3.05, 3.63) is 23.8 Å². The molecule has 1 aromatic rings. The first-order valence-electron chi connectivity index (χ1n) is 6.47. The summed E-state index contributed by atoms with van der Waals surface area (Å²) in [6, 6.07) is 5.44. The summed E-state index contributed by atoms with van der Waals surface area (Å²) in [7, 11) is 1.80. The predicted molar refractivity (Wildman–Crippen MR) is 68.3 cm³/mol. The Labute approximate surface area is 111 Å². The zero-order chi connectivity index (χ0) is 13.5. The lowest BCUT2D eigenvalue weighted by atomic mass is 9.62. The van der Waals surface area contributed by atoms with Crippen LogP contribution in [0.25, 0.3) is 0 Å². The molecule has 2 aliphatic rings. The normalized spacial score (nSPS) is 20.7. The van der Waals surface area contributed by atoms with Gasteiger partial charge in [-0.15, -0.1) is 0 Å². The first-order valence-corrected chi connectivity index (χ1v) is 6.47. The highest BCUT2D eigenvalue weighted by Gasteiger charge is 2.50. The van der Waals surface area contributed by atoms with Gasteiger partial charge in [-0.05, 0) is 37.6 Å². The molecule has 1 unspecified atom stereocenters. The van der Waals surface area contributed by atoms with E-state index < -0.39 is 11.4 Å². The molecule has 1 aliphatic heterocycles. The molecule has 1 aliphatic carbocycles. The highest BCUT2D eigenvalue weighted by Crippen LogP contribution is 2.51. The molecule has 2 N–H and O–H groups in total. The summed E-state index contributed by atoms with van der Waals surface area (Å²) in [5, 5.41) is 12.7. The minimum atomic E-state index is -0.726. The molecule has 1 heterocycles. The summed E-state index contributed by atoms with van der Waals surface area (Å²) in [6.07, 6.45) is 2.39. The third kappa shape index (κ3) is 1.76. The van der Waals surface area contributed by atoms with Crippen LogP contribution < -0.4 is 14.8 Å². The molecule has 0 spiro atoms. The minimum Gasteiger partial charge on any atom is -0.481 e. The molecular weight excluding hydrogens is 246 g/mol. The Morgan fingerprint density at radius 1 is 1.37 bits per heavy atom. The van der Waals surface area contributed by atoms with Crippen LogP contribution in [0.3, 0.4) is 0 Å². The number of fused-ring (bicyclic) bond motifs is 1. The molecule has 0 radical (unpaired) electrons. The minimum absolute atomic E-state index is 0.201. The van der Waals surface area contributed by atoms with Gasteiger partial charge < -0.3 is 19.9 Å². The largest absolute Gasteiger partial charge is 0.481 e. The Morgan fingerprint density at radius 2 is 2.11 bits per heavy atom. The van der Waals surface area contributed by atoms with E-state index in [0.717, 1.165) is 17.7 Å². The van der Waals surface area contributed by atoms with Crippen LogP contribution >= 0.6 is 0 Å². The van der Waals surface area contributed by atoms with Crippen LogP contribution in [0.5, 0.6) is 11.5 Å². The van der Waals surface area contributed by atoms with E-state index in [1.807, 2.05) is 18.2 Å². The van der Waals surface area contributed by atoms with Gasteiger partial charge in [-0.1, -0.05) is 12.5 Å². The van der Waals surface area contributed by atoms with Gasteiger partial charge in [0.05, 0.1) is 5.41 Å². The monoisotopic (exact) mass is 263 g/mol. The number of carboxylic acids is 1. The van der Waals surface area contributed by atoms with E-state index in [2.05, 4.69) is 5.32 Å². The number of benzene rings is 1. The maximum Gasteiger partial charge on any atom is 0.311 e. The first-order chi connectivity index (χ1) is 9.17. The van der Waals surface area contributed by atoms with Crippen molar-refractivity contribution in [1.29, 1.82) is 0 Å². The molecule has 1 saturated carbocycles. The second-order valence-electron chi connectivity index (χ2n) is 5.15. The number of nitrogens with one attached hydrogen (secondary N) is 1. The molecule has 0 amide bonds. The van der Waals surface area contributed by atoms with Crippen molar-refractivity contribution in [2.75, 3.05) is 13.8 Å². The fourth-order valence-electron chi connectivity index (χ4n) is 3.04. The van der Waals surface area contributed by atoms with Gasteiger partial charge in [0.2, 0.25) is 6.79 Å². The molecule has 0 saturated heterocycles. The molecule has 1 atom stereocenters. The lowest BCUT2D eigenvalue weighted by Crippen LogP contribution is -2.47. The zero-order valence-corrected chi connectivity index (χ0v) is 10.8. The number of ether oxygens (including phenoxy) is 2. The fourth-order valence-corrected chi connectivity index (χ4v) is 3.04. The molecule has 1 aromatic carbocycles. The highest BCUT2D eigenvalue weighted by atomic mass is 16.7. The van der Waals surface area contributed by atoms with Crippen molar-refractivity contribution < 1.29 is 19.4 Å². The lowest BCUT2D eigenvalue weighted by Gasteiger charge is -2.44. The van der Waals surface area contributed by atoms with Gasteiger partial charge in [0.15, 0.2) is 11.5 Å². The molecule has 1 fully saturated rings. The summed E-state index contributed by atoms with van der Waals surface area (Å²) in [5.41, 5.74) is 0.247. The summed E-state index contributed by atoms with van der Waals surface area (Å²) >= 11 is 0. The number of carboxylic acid groups (broad SMARTS) is 1. The quantitative estimate of drug-likeness (QED) is 0.868. The SMILES string of the molecule is CNC(c1ccc2c(c1)OCO2)C1(C(=O)O)CCC1. The summed E-state index contributed by atoms with van der Waals surface area (Å²) < 4.78 is 10.6. The standard InChI is InChI=1S/C14H17NO4/c1-15-12(14(13(16)17)5-2-6-14)9-3-4-10-11(7-9)19-8-18-10/h3-4,7,12,15H,2,5-6,8H2,1H3,(H,16,17). The molecule has 5 nitrogen and oxygen atoms in total. The Balaban J connectivity index is 1.96. The van der Waals surface area contributed by atoms with Crippen molar-refractivity contribution in [3.8, 4) is 11.5 Å². The topological polar surface area (TPSA) is 67.8 Å². The summed E-state index contributed by atoms with van der Waals surface area (Å²) in [6.45, 7) is 0.229. The number of rotatable bonds is 4. The zero-order valence-electron chi connectivity index (χ0n) is 10.8. The molecule has 19 heavy (non-hydrogen) atoms.